The van der Waals surface area contributed by atoms with Gasteiger partial charge in [0, 0.05) is 17.4 Å². The Morgan fingerprint density at radius 2 is 2.12 bits per heavy atom. The summed E-state index contributed by atoms with van der Waals surface area (Å²) in [5.74, 6) is 0.0659. The molecule has 2 unspecified atom stereocenters. The fourth-order valence-corrected chi connectivity index (χ4v) is 3.14. The maximum atomic E-state index is 11.9. The summed E-state index contributed by atoms with van der Waals surface area (Å²) in [5.41, 5.74) is 0.337. The van der Waals surface area contributed by atoms with Crippen LogP contribution in [0.2, 0.25) is 0 Å². The number of rotatable bonds is 5. The molecule has 0 fully saturated rings. The van der Waals surface area contributed by atoms with Gasteiger partial charge in [-0.15, -0.1) is 0 Å². The molecular formula is C18H24ClN3O4. The third kappa shape index (κ3) is 3.57. The average Bonchev–Trinajstić information content (AvgIpc) is 3.10. The molecule has 0 aromatic carbocycles. The van der Waals surface area contributed by atoms with Crippen molar-refractivity contribution in [3.05, 3.63) is 21.9 Å². The van der Waals surface area contributed by atoms with Gasteiger partial charge in [-0.3, -0.25) is 9.69 Å². The average molecular weight is 382 g/mol. The molecule has 8 heteroatoms. The molecule has 26 heavy (non-hydrogen) atoms. The highest BCUT2D eigenvalue weighted by Gasteiger charge is 2.44. The molecule has 0 saturated heterocycles. The van der Waals surface area contributed by atoms with Gasteiger partial charge in [-0.05, 0) is 6.42 Å². The summed E-state index contributed by atoms with van der Waals surface area (Å²) in [6.45, 7) is 9.31. The maximum absolute atomic E-state index is 11.9. The van der Waals surface area contributed by atoms with Crippen molar-refractivity contribution >= 4 is 23.4 Å². The Balaban J connectivity index is 2.55. The molecule has 0 bridgehead atoms. The quantitative estimate of drug-likeness (QED) is 0.778. The minimum absolute atomic E-state index is 0.114. The van der Waals surface area contributed by atoms with Crippen LogP contribution in [0.1, 0.15) is 65.2 Å². The molecule has 1 aromatic heterocycles. The predicted octanol–water partition coefficient (Wildman–Crippen LogP) is 3.55. The highest BCUT2D eigenvalue weighted by molar-refractivity contribution is 6.31. The lowest BCUT2D eigenvalue weighted by Crippen LogP contribution is -2.42. The number of nitrogens with zero attached hydrogens (tertiary/aromatic N) is 3. The molecule has 0 aliphatic carbocycles. The molecule has 2 heterocycles. The second kappa shape index (κ2) is 7.68. The van der Waals surface area contributed by atoms with E-state index in [1.54, 1.807) is 6.92 Å². The van der Waals surface area contributed by atoms with E-state index in [0.717, 1.165) is 6.42 Å². The molecule has 1 N–H and O–H groups in total. The molecule has 7 nitrogen and oxygen atoms in total. The second-order valence-electron chi connectivity index (χ2n) is 7.17. The van der Waals surface area contributed by atoms with Crippen LogP contribution in [-0.2, 0) is 14.9 Å². The fourth-order valence-electron chi connectivity index (χ4n) is 2.85. The van der Waals surface area contributed by atoms with Crippen LogP contribution in [0.4, 0.5) is 5.82 Å². The highest BCUT2D eigenvalue weighted by Crippen LogP contribution is 2.41. The predicted molar refractivity (Wildman–Crippen MR) is 96.4 cm³/mol. The molecule has 0 radical (unpaired) electrons. The third-order valence-electron chi connectivity index (χ3n) is 4.11. The normalized spacial score (nSPS) is 20.5. The molecular weight excluding hydrogens is 358 g/mol. The number of halogens is 1. The van der Waals surface area contributed by atoms with E-state index < -0.39 is 23.8 Å². The van der Waals surface area contributed by atoms with E-state index in [2.05, 4.69) is 11.2 Å². The van der Waals surface area contributed by atoms with Gasteiger partial charge in [0.25, 0.3) is 0 Å². The van der Waals surface area contributed by atoms with Crippen LogP contribution >= 0.6 is 11.6 Å². The van der Waals surface area contributed by atoms with Gasteiger partial charge in [-0.2, -0.15) is 5.26 Å². The second-order valence-corrected chi connectivity index (χ2v) is 7.58. The van der Waals surface area contributed by atoms with E-state index in [1.165, 1.54) is 4.90 Å². The van der Waals surface area contributed by atoms with E-state index in [4.69, 9.17) is 20.9 Å². The number of carbonyl (C=O) groups excluding carboxylic acids is 1. The van der Waals surface area contributed by atoms with Crippen LogP contribution in [0.3, 0.4) is 0 Å². The van der Waals surface area contributed by atoms with E-state index in [0.29, 0.717) is 17.8 Å². The summed E-state index contributed by atoms with van der Waals surface area (Å²) in [5, 5.41) is 24.5. The lowest BCUT2D eigenvalue weighted by atomic mass is 9.90. The van der Waals surface area contributed by atoms with Crippen LogP contribution in [0, 0.1) is 11.3 Å². The van der Waals surface area contributed by atoms with Crippen molar-refractivity contribution in [3.8, 4) is 6.07 Å². The Morgan fingerprint density at radius 1 is 1.46 bits per heavy atom. The summed E-state index contributed by atoms with van der Waals surface area (Å²) < 4.78 is 10.9. The molecule has 1 aromatic rings. The molecule has 0 saturated carbocycles. The summed E-state index contributed by atoms with van der Waals surface area (Å²) in [7, 11) is 0. The van der Waals surface area contributed by atoms with Crippen molar-refractivity contribution < 1.29 is 19.2 Å². The number of esters is 1. The van der Waals surface area contributed by atoms with Gasteiger partial charge in [0.15, 0.2) is 17.8 Å². The van der Waals surface area contributed by atoms with Crippen LogP contribution in [0.15, 0.2) is 15.1 Å². The third-order valence-corrected chi connectivity index (χ3v) is 4.55. The Morgan fingerprint density at radius 3 is 2.62 bits per heavy atom. The standard InChI is InChI=1S/C18H24ClN3O4/c1-6-8-10-13(19)16(24)22(17(10)25-12(23)7-2)15-11(9-20)14(26-21-15)18(3,4)5/h16-17,24H,6-8H2,1-5H3. The number of hydrogen-bond donors (Lipinski definition) is 1. The van der Waals surface area contributed by atoms with Gasteiger partial charge in [0.1, 0.15) is 11.6 Å². The summed E-state index contributed by atoms with van der Waals surface area (Å²) in [6.07, 6.45) is -0.717. The van der Waals surface area contributed by atoms with Crippen molar-refractivity contribution in [2.75, 3.05) is 4.90 Å². The molecule has 0 spiro atoms. The minimum Gasteiger partial charge on any atom is -0.437 e. The number of nitriles is 1. The smallest absolute Gasteiger partial charge is 0.307 e. The first-order valence-electron chi connectivity index (χ1n) is 8.61. The van der Waals surface area contributed by atoms with Gasteiger partial charge < -0.3 is 14.4 Å². The number of hydrogen-bond acceptors (Lipinski definition) is 7. The Hall–Kier alpha value is -2.04. The Labute approximate surface area is 158 Å². The lowest BCUT2D eigenvalue weighted by Gasteiger charge is -2.28. The van der Waals surface area contributed by atoms with Crippen molar-refractivity contribution in [2.45, 2.75) is 71.8 Å². The van der Waals surface area contributed by atoms with Gasteiger partial charge in [0.2, 0.25) is 6.23 Å². The zero-order valence-corrected chi connectivity index (χ0v) is 16.4. The molecule has 0 amide bonds. The van der Waals surface area contributed by atoms with Crippen molar-refractivity contribution in [2.24, 2.45) is 0 Å². The number of carbonyl (C=O) groups is 1. The molecule has 2 rings (SSSR count). The highest BCUT2D eigenvalue weighted by atomic mass is 35.5. The SMILES string of the molecule is CCCC1=C(Cl)C(O)N(c2noc(C(C)(C)C)c2C#N)C1OC(=O)CC. The minimum atomic E-state index is -1.27. The van der Waals surface area contributed by atoms with Crippen molar-refractivity contribution in [1.29, 1.82) is 5.26 Å². The molecule has 1 aliphatic rings. The van der Waals surface area contributed by atoms with Gasteiger partial charge in [0.05, 0.1) is 5.03 Å². The van der Waals surface area contributed by atoms with Gasteiger partial charge in [-0.25, -0.2) is 0 Å². The zero-order chi connectivity index (χ0) is 19.6. The molecule has 1 aliphatic heterocycles. The topological polar surface area (TPSA) is 99.6 Å². The first kappa shape index (κ1) is 20.3. The number of ether oxygens (including phenoxy) is 1. The summed E-state index contributed by atoms with van der Waals surface area (Å²) in [4.78, 5) is 13.3. The van der Waals surface area contributed by atoms with Gasteiger partial charge in [-0.1, -0.05) is 57.8 Å². The van der Waals surface area contributed by atoms with Crippen molar-refractivity contribution in [3.63, 3.8) is 0 Å². The maximum Gasteiger partial charge on any atom is 0.307 e. The van der Waals surface area contributed by atoms with E-state index in [1.807, 2.05) is 27.7 Å². The lowest BCUT2D eigenvalue weighted by molar-refractivity contribution is -0.147. The number of aliphatic hydroxyl groups excluding tert-OH is 1. The first-order chi connectivity index (χ1) is 12.2. The van der Waals surface area contributed by atoms with Crippen LogP contribution in [0.25, 0.3) is 0 Å². The zero-order valence-electron chi connectivity index (χ0n) is 15.7. The van der Waals surface area contributed by atoms with Crippen LogP contribution < -0.4 is 4.90 Å². The molecule has 142 valence electrons. The largest absolute Gasteiger partial charge is 0.437 e. The van der Waals surface area contributed by atoms with Crippen LogP contribution in [0.5, 0.6) is 0 Å². The monoisotopic (exact) mass is 381 g/mol. The summed E-state index contributed by atoms with van der Waals surface area (Å²) >= 11 is 6.32. The fraction of sp³-hybridized carbons (Fsp3) is 0.611. The summed E-state index contributed by atoms with van der Waals surface area (Å²) in [6, 6.07) is 2.09. The first-order valence-corrected chi connectivity index (χ1v) is 8.99. The number of aromatic nitrogens is 1. The van der Waals surface area contributed by atoms with E-state index in [-0.39, 0.29) is 22.8 Å². The van der Waals surface area contributed by atoms with E-state index >= 15 is 0 Å². The van der Waals surface area contributed by atoms with Gasteiger partial charge >= 0.3 is 5.97 Å². The Bertz CT molecular complexity index is 757. The van der Waals surface area contributed by atoms with E-state index in [9.17, 15) is 15.2 Å². The Kier molecular flexibility index (Phi) is 5.99. The van der Waals surface area contributed by atoms with Crippen LogP contribution in [-0.4, -0.2) is 28.7 Å². The van der Waals surface area contributed by atoms with Crippen molar-refractivity contribution in [1.82, 2.24) is 5.16 Å². The number of anilines is 1. The number of aliphatic hydroxyl groups is 1. The molecule has 2 atom stereocenters.